The predicted molar refractivity (Wildman–Crippen MR) is 119 cm³/mol. The predicted octanol–water partition coefficient (Wildman–Crippen LogP) is 2.47. The molecule has 0 aliphatic carbocycles. The van der Waals surface area contributed by atoms with Crippen molar-refractivity contribution in [2.75, 3.05) is 11.4 Å². The molecule has 0 N–H and O–H groups in total. The highest BCUT2D eigenvalue weighted by atomic mass is 16.5. The van der Waals surface area contributed by atoms with Gasteiger partial charge in [0.05, 0.1) is 0 Å². The molecule has 3 heterocycles. The van der Waals surface area contributed by atoms with E-state index < -0.39 is 0 Å². The van der Waals surface area contributed by atoms with E-state index in [1.54, 1.807) is 7.05 Å². The van der Waals surface area contributed by atoms with E-state index in [0.717, 1.165) is 21.6 Å². The molecule has 5 rings (SSSR count). The van der Waals surface area contributed by atoms with Crippen molar-refractivity contribution in [2.24, 2.45) is 14.1 Å². The molecule has 0 amide bonds. The number of aromatic nitrogens is 4. The van der Waals surface area contributed by atoms with Gasteiger partial charge in [-0.25, -0.2) is 4.79 Å². The molecular weight excluding hydrogens is 394 g/mol. The van der Waals surface area contributed by atoms with Gasteiger partial charge in [0, 0.05) is 32.9 Å². The fourth-order valence-electron chi connectivity index (χ4n) is 4.09. The van der Waals surface area contributed by atoms with Crippen LogP contribution in [0.4, 0.5) is 11.6 Å². The molecule has 0 bridgehead atoms. The summed E-state index contributed by atoms with van der Waals surface area (Å²) >= 11 is 0. The highest BCUT2D eigenvalue weighted by Gasteiger charge is 2.28. The first-order chi connectivity index (χ1) is 14.9. The van der Waals surface area contributed by atoms with Crippen molar-refractivity contribution < 1.29 is 4.74 Å². The van der Waals surface area contributed by atoms with E-state index >= 15 is 0 Å². The lowest BCUT2D eigenvalue weighted by atomic mass is 10.1. The molecule has 2 aromatic heterocycles. The molecule has 1 aliphatic rings. The van der Waals surface area contributed by atoms with Crippen LogP contribution in [0.2, 0.25) is 0 Å². The fourth-order valence-corrected chi connectivity index (χ4v) is 4.09. The van der Waals surface area contributed by atoms with E-state index in [-0.39, 0.29) is 11.2 Å². The van der Waals surface area contributed by atoms with Gasteiger partial charge in [-0.15, -0.1) is 0 Å². The van der Waals surface area contributed by atoms with Crippen LogP contribution >= 0.6 is 0 Å². The molecule has 0 saturated carbocycles. The molecule has 1 aliphatic heterocycles. The van der Waals surface area contributed by atoms with Crippen LogP contribution in [0.5, 0.6) is 5.75 Å². The van der Waals surface area contributed by atoms with Crippen LogP contribution in [0.1, 0.15) is 11.1 Å². The zero-order valence-corrected chi connectivity index (χ0v) is 17.7. The van der Waals surface area contributed by atoms with Crippen molar-refractivity contribution >= 4 is 22.8 Å². The van der Waals surface area contributed by atoms with Gasteiger partial charge >= 0.3 is 5.69 Å². The Morgan fingerprint density at radius 2 is 1.77 bits per heavy atom. The Kier molecular flexibility index (Phi) is 4.43. The van der Waals surface area contributed by atoms with E-state index in [9.17, 15) is 9.59 Å². The Morgan fingerprint density at radius 1 is 1.00 bits per heavy atom. The molecule has 0 fully saturated rings. The van der Waals surface area contributed by atoms with Crippen LogP contribution in [-0.4, -0.2) is 25.2 Å². The van der Waals surface area contributed by atoms with Gasteiger partial charge < -0.3 is 14.2 Å². The number of imidazole rings is 1. The maximum Gasteiger partial charge on any atom is 0.332 e. The summed E-state index contributed by atoms with van der Waals surface area (Å²) in [6.45, 7) is 3.91. The highest BCUT2D eigenvalue weighted by molar-refractivity contribution is 5.77. The third-order valence-corrected chi connectivity index (χ3v) is 5.75. The second kappa shape index (κ2) is 7.16. The zero-order chi connectivity index (χ0) is 21.7. The van der Waals surface area contributed by atoms with Gasteiger partial charge in [0.2, 0.25) is 5.95 Å². The Hall–Kier alpha value is -3.81. The SMILES string of the molecule is Cc1cccc(COc2ccc(N3CCn4c3nc3c4c(=O)n(C)c(=O)n3C)cc2)c1. The van der Waals surface area contributed by atoms with Crippen LogP contribution in [0, 0.1) is 6.92 Å². The quantitative estimate of drug-likeness (QED) is 0.510. The van der Waals surface area contributed by atoms with Crippen molar-refractivity contribution in [3.8, 4) is 5.75 Å². The number of fused-ring (bicyclic) bond motifs is 3. The molecule has 4 aromatic rings. The second-order valence-corrected chi connectivity index (χ2v) is 7.86. The van der Waals surface area contributed by atoms with Gasteiger partial charge in [-0.2, -0.15) is 4.98 Å². The summed E-state index contributed by atoms with van der Waals surface area (Å²) in [4.78, 5) is 31.6. The number of anilines is 2. The molecule has 0 spiro atoms. The van der Waals surface area contributed by atoms with Crippen molar-refractivity contribution in [3.63, 3.8) is 0 Å². The maximum absolute atomic E-state index is 12.7. The summed E-state index contributed by atoms with van der Waals surface area (Å²) in [6.07, 6.45) is 0. The molecule has 31 heavy (non-hydrogen) atoms. The molecule has 158 valence electrons. The van der Waals surface area contributed by atoms with E-state index in [2.05, 4.69) is 24.0 Å². The smallest absolute Gasteiger partial charge is 0.332 e. The number of hydrogen-bond donors (Lipinski definition) is 0. The van der Waals surface area contributed by atoms with Gasteiger partial charge in [0.1, 0.15) is 12.4 Å². The fraction of sp³-hybridized carbons (Fsp3) is 0.261. The van der Waals surface area contributed by atoms with Crippen LogP contribution in [0.15, 0.2) is 58.1 Å². The molecule has 0 radical (unpaired) electrons. The Morgan fingerprint density at radius 3 is 2.52 bits per heavy atom. The van der Waals surface area contributed by atoms with E-state index in [4.69, 9.17) is 4.74 Å². The number of benzene rings is 2. The lowest BCUT2D eigenvalue weighted by molar-refractivity contribution is 0.306. The summed E-state index contributed by atoms with van der Waals surface area (Å²) in [5.74, 6) is 1.45. The van der Waals surface area contributed by atoms with E-state index in [0.29, 0.717) is 36.8 Å². The number of ether oxygens (including phenoxy) is 1. The van der Waals surface area contributed by atoms with Crippen LogP contribution in [0.3, 0.4) is 0 Å². The molecule has 2 aromatic carbocycles. The van der Waals surface area contributed by atoms with Crippen molar-refractivity contribution in [3.05, 3.63) is 80.5 Å². The summed E-state index contributed by atoms with van der Waals surface area (Å²) < 4.78 is 10.4. The Labute approximate surface area is 178 Å². The van der Waals surface area contributed by atoms with Gasteiger partial charge in [-0.1, -0.05) is 29.8 Å². The molecule has 0 saturated heterocycles. The monoisotopic (exact) mass is 417 g/mol. The van der Waals surface area contributed by atoms with Crippen LogP contribution in [0.25, 0.3) is 11.2 Å². The Balaban J connectivity index is 1.43. The second-order valence-electron chi connectivity index (χ2n) is 7.86. The van der Waals surface area contributed by atoms with E-state index in [1.165, 1.54) is 17.2 Å². The topological polar surface area (TPSA) is 74.3 Å². The number of nitrogens with zero attached hydrogens (tertiary/aromatic N) is 5. The largest absolute Gasteiger partial charge is 0.489 e. The Bertz CT molecular complexity index is 1410. The minimum atomic E-state index is -0.379. The third kappa shape index (κ3) is 3.11. The van der Waals surface area contributed by atoms with Gasteiger partial charge in [-0.3, -0.25) is 13.9 Å². The summed E-state index contributed by atoms with van der Waals surface area (Å²) in [5.41, 5.74) is 3.46. The summed E-state index contributed by atoms with van der Waals surface area (Å²) in [6, 6.07) is 16.1. The van der Waals surface area contributed by atoms with Crippen LogP contribution in [-0.2, 0) is 27.2 Å². The first kappa shape index (κ1) is 19.2. The minimum Gasteiger partial charge on any atom is -0.489 e. The standard InChI is InChI=1S/C23H23N5O3/c1-15-5-4-6-16(13-15)14-31-18-9-7-17(8-10-18)27-11-12-28-19-20(24-22(27)28)25(2)23(30)26(3)21(19)29/h4-10,13H,11-12,14H2,1-3H3. The molecular formula is C23H23N5O3. The first-order valence-electron chi connectivity index (χ1n) is 10.2. The van der Waals surface area contributed by atoms with Crippen molar-refractivity contribution in [1.82, 2.24) is 18.7 Å². The summed E-state index contributed by atoms with van der Waals surface area (Å²) in [7, 11) is 3.13. The van der Waals surface area contributed by atoms with Gasteiger partial charge in [-0.05, 0) is 36.8 Å². The molecule has 8 heteroatoms. The first-order valence-corrected chi connectivity index (χ1v) is 10.2. The highest BCUT2D eigenvalue weighted by Crippen LogP contribution is 2.32. The van der Waals surface area contributed by atoms with E-state index in [1.807, 2.05) is 45.9 Å². The third-order valence-electron chi connectivity index (χ3n) is 5.75. The van der Waals surface area contributed by atoms with Crippen molar-refractivity contribution in [1.29, 1.82) is 0 Å². The van der Waals surface area contributed by atoms with Gasteiger partial charge in [0.25, 0.3) is 5.56 Å². The molecule has 0 unspecified atom stereocenters. The number of hydrogen-bond acceptors (Lipinski definition) is 5. The van der Waals surface area contributed by atoms with Gasteiger partial charge in [0.15, 0.2) is 11.2 Å². The summed E-state index contributed by atoms with van der Waals surface area (Å²) in [5, 5.41) is 0. The lowest BCUT2D eigenvalue weighted by Gasteiger charge is -2.16. The average molecular weight is 417 g/mol. The average Bonchev–Trinajstić information content (AvgIpc) is 3.35. The zero-order valence-electron chi connectivity index (χ0n) is 17.7. The van der Waals surface area contributed by atoms with Crippen LogP contribution < -0.4 is 20.9 Å². The normalized spacial score (nSPS) is 13.1. The minimum absolute atomic E-state index is 0.321. The lowest BCUT2D eigenvalue weighted by Crippen LogP contribution is -2.37. The number of aryl methyl sites for hydroxylation is 2. The number of rotatable bonds is 4. The van der Waals surface area contributed by atoms with Crippen molar-refractivity contribution in [2.45, 2.75) is 20.1 Å². The maximum atomic E-state index is 12.7. The molecule has 8 nitrogen and oxygen atoms in total. The molecule has 0 atom stereocenters.